The van der Waals surface area contributed by atoms with Crippen molar-refractivity contribution in [2.24, 2.45) is 5.92 Å². The second-order valence-corrected chi connectivity index (χ2v) is 6.39. The second-order valence-electron chi connectivity index (χ2n) is 6.39. The zero-order chi connectivity index (χ0) is 17.3. The van der Waals surface area contributed by atoms with Crippen LogP contribution >= 0.6 is 0 Å². The first-order valence-electron chi connectivity index (χ1n) is 7.96. The van der Waals surface area contributed by atoms with Gasteiger partial charge in [0, 0.05) is 11.1 Å². The molecule has 126 valence electrons. The summed E-state index contributed by atoms with van der Waals surface area (Å²) in [5.74, 6) is 0.328. The minimum Gasteiger partial charge on any atom is -0.264 e. The molecule has 3 rings (SSSR count). The highest BCUT2D eigenvalue weighted by Crippen LogP contribution is 2.35. The summed E-state index contributed by atoms with van der Waals surface area (Å²) < 4.78 is 41.6. The van der Waals surface area contributed by atoms with E-state index in [1.807, 2.05) is 30.3 Å². The van der Waals surface area contributed by atoms with Gasteiger partial charge in [0.05, 0.1) is 12.1 Å². The van der Waals surface area contributed by atoms with Crippen molar-refractivity contribution in [2.45, 2.75) is 33.0 Å². The highest BCUT2D eigenvalue weighted by Gasteiger charge is 2.34. The minimum atomic E-state index is -4.40. The Morgan fingerprint density at radius 3 is 2.33 bits per heavy atom. The molecule has 3 aromatic rings. The van der Waals surface area contributed by atoms with Gasteiger partial charge < -0.3 is 0 Å². The Balaban J connectivity index is 2.16. The third-order valence-electron chi connectivity index (χ3n) is 3.96. The third kappa shape index (κ3) is 3.30. The predicted molar refractivity (Wildman–Crippen MR) is 88.8 cm³/mol. The van der Waals surface area contributed by atoms with Gasteiger partial charge in [-0.1, -0.05) is 56.3 Å². The first kappa shape index (κ1) is 16.6. The van der Waals surface area contributed by atoms with E-state index in [9.17, 15) is 13.2 Å². The van der Waals surface area contributed by atoms with E-state index in [2.05, 4.69) is 18.9 Å². The van der Waals surface area contributed by atoms with Crippen LogP contribution in [0.1, 0.15) is 30.7 Å². The lowest BCUT2D eigenvalue weighted by Crippen LogP contribution is -2.09. The second kappa shape index (κ2) is 6.30. The fraction of sp³-hybridized carbons (Fsp3) is 0.316. The third-order valence-corrected chi connectivity index (χ3v) is 3.96. The summed E-state index contributed by atoms with van der Waals surface area (Å²) in [6, 6.07) is 14.0. The largest absolute Gasteiger partial charge is 0.418 e. The van der Waals surface area contributed by atoms with E-state index in [1.165, 1.54) is 6.07 Å². The van der Waals surface area contributed by atoms with E-state index in [4.69, 9.17) is 0 Å². The molecule has 0 amide bonds. The van der Waals surface area contributed by atoms with E-state index in [0.717, 1.165) is 17.3 Å². The fourth-order valence-electron chi connectivity index (χ4n) is 2.92. The van der Waals surface area contributed by atoms with Crippen LogP contribution < -0.4 is 0 Å². The van der Waals surface area contributed by atoms with Gasteiger partial charge in [0.1, 0.15) is 5.52 Å². The Kier molecular flexibility index (Phi) is 4.35. The van der Waals surface area contributed by atoms with E-state index in [1.54, 1.807) is 10.7 Å². The summed E-state index contributed by atoms with van der Waals surface area (Å²) in [4.78, 5) is 0. The summed E-state index contributed by atoms with van der Waals surface area (Å²) in [6.07, 6.45) is -3.72. The summed E-state index contributed by atoms with van der Waals surface area (Å²) in [7, 11) is 0. The first-order chi connectivity index (χ1) is 11.4. The number of fused-ring (bicyclic) bond motifs is 1. The normalized spacial score (nSPS) is 12.2. The molecule has 2 nitrogen and oxygen atoms in total. The molecule has 0 bridgehead atoms. The SMILES string of the molecule is CC(C)Cc1c2cccc(C(F)(F)F)c2nn1Cc1ccccc1. The monoisotopic (exact) mass is 332 g/mol. The van der Waals surface area contributed by atoms with Gasteiger partial charge in [-0.25, -0.2) is 0 Å². The Hall–Kier alpha value is -2.30. The molecular formula is C19H19F3N2. The number of hydrogen-bond acceptors (Lipinski definition) is 1. The van der Waals surface area contributed by atoms with Crippen LogP contribution in [0.2, 0.25) is 0 Å². The van der Waals surface area contributed by atoms with Crippen molar-refractivity contribution in [1.82, 2.24) is 9.78 Å². The molecule has 0 aliphatic heterocycles. The van der Waals surface area contributed by atoms with Gasteiger partial charge in [-0.05, 0) is 24.0 Å². The molecule has 5 heteroatoms. The lowest BCUT2D eigenvalue weighted by Gasteiger charge is -2.10. The van der Waals surface area contributed by atoms with Gasteiger partial charge in [-0.3, -0.25) is 4.68 Å². The number of benzene rings is 2. The van der Waals surface area contributed by atoms with Crippen LogP contribution in [-0.4, -0.2) is 9.78 Å². The van der Waals surface area contributed by atoms with E-state index in [0.29, 0.717) is 24.3 Å². The molecule has 0 spiro atoms. The van der Waals surface area contributed by atoms with Crippen molar-refractivity contribution in [3.8, 4) is 0 Å². The zero-order valence-electron chi connectivity index (χ0n) is 13.6. The highest BCUT2D eigenvalue weighted by atomic mass is 19.4. The smallest absolute Gasteiger partial charge is 0.264 e. The molecule has 24 heavy (non-hydrogen) atoms. The maximum absolute atomic E-state index is 13.3. The summed E-state index contributed by atoms with van der Waals surface area (Å²) in [5.41, 5.74) is 1.24. The number of rotatable bonds is 4. The summed E-state index contributed by atoms with van der Waals surface area (Å²) in [5, 5.41) is 4.92. The zero-order valence-corrected chi connectivity index (χ0v) is 13.6. The maximum atomic E-state index is 13.3. The number of aromatic nitrogens is 2. The number of alkyl halides is 3. The maximum Gasteiger partial charge on any atom is 0.418 e. The van der Waals surface area contributed by atoms with Gasteiger partial charge >= 0.3 is 6.18 Å². The van der Waals surface area contributed by atoms with Gasteiger partial charge in [-0.2, -0.15) is 18.3 Å². The Labute approximate surface area is 138 Å². The highest BCUT2D eigenvalue weighted by molar-refractivity contribution is 5.85. The number of hydrogen-bond donors (Lipinski definition) is 0. The van der Waals surface area contributed by atoms with Gasteiger partial charge in [-0.15, -0.1) is 0 Å². The summed E-state index contributed by atoms with van der Waals surface area (Å²) >= 11 is 0. The molecule has 0 aliphatic rings. The van der Waals surface area contributed by atoms with E-state index < -0.39 is 11.7 Å². The number of halogens is 3. The molecule has 0 radical (unpaired) electrons. The molecule has 1 aromatic heterocycles. The van der Waals surface area contributed by atoms with Crippen molar-refractivity contribution in [3.63, 3.8) is 0 Å². The Morgan fingerprint density at radius 1 is 1.00 bits per heavy atom. The molecule has 0 atom stereocenters. The molecule has 0 fully saturated rings. The van der Waals surface area contributed by atoms with Gasteiger partial charge in [0.25, 0.3) is 0 Å². The topological polar surface area (TPSA) is 17.8 Å². The molecule has 1 heterocycles. The fourth-order valence-corrected chi connectivity index (χ4v) is 2.92. The van der Waals surface area contributed by atoms with Crippen LogP contribution in [0, 0.1) is 5.92 Å². The Morgan fingerprint density at radius 2 is 1.71 bits per heavy atom. The molecule has 2 aromatic carbocycles. The van der Waals surface area contributed by atoms with Crippen LogP contribution in [0.4, 0.5) is 13.2 Å². The van der Waals surface area contributed by atoms with Crippen molar-refractivity contribution in [3.05, 3.63) is 65.4 Å². The molecule has 0 saturated carbocycles. The predicted octanol–water partition coefficient (Wildman–Crippen LogP) is 5.30. The van der Waals surface area contributed by atoms with Crippen LogP contribution in [0.3, 0.4) is 0 Å². The molecule has 0 aliphatic carbocycles. The number of nitrogens with zero attached hydrogens (tertiary/aromatic N) is 2. The van der Waals surface area contributed by atoms with Crippen LogP contribution in [0.5, 0.6) is 0 Å². The standard InChI is InChI=1S/C19H19F3N2/c1-13(2)11-17-15-9-6-10-16(19(20,21)22)18(15)23-24(17)12-14-7-4-3-5-8-14/h3-10,13H,11-12H2,1-2H3. The average Bonchev–Trinajstić information content (AvgIpc) is 2.84. The minimum absolute atomic E-state index is 0.0385. The molecule has 0 N–H and O–H groups in total. The first-order valence-corrected chi connectivity index (χ1v) is 7.96. The van der Waals surface area contributed by atoms with Crippen molar-refractivity contribution < 1.29 is 13.2 Å². The lowest BCUT2D eigenvalue weighted by atomic mass is 10.0. The molecule has 0 unspecified atom stereocenters. The lowest BCUT2D eigenvalue weighted by molar-refractivity contribution is -0.136. The Bertz CT molecular complexity index is 833. The van der Waals surface area contributed by atoms with Crippen molar-refractivity contribution >= 4 is 10.9 Å². The van der Waals surface area contributed by atoms with Gasteiger partial charge in [0.2, 0.25) is 0 Å². The van der Waals surface area contributed by atoms with Gasteiger partial charge in [0.15, 0.2) is 0 Å². The van der Waals surface area contributed by atoms with Crippen molar-refractivity contribution in [1.29, 1.82) is 0 Å². The van der Waals surface area contributed by atoms with Crippen LogP contribution in [0.25, 0.3) is 10.9 Å². The van der Waals surface area contributed by atoms with Crippen LogP contribution in [-0.2, 0) is 19.1 Å². The van der Waals surface area contributed by atoms with E-state index >= 15 is 0 Å². The van der Waals surface area contributed by atoms with Crippen molar-refractivity contribution in [2.75, 3.05) is 0 Å². The molecular weight excluding hydrogens is 313 g/mol. The van der Waals surface area contributed by atoms with E-state index in [-0.39, 0.29) is 5.52 Å². The quantitative estimate of drug-likeness (QED) is 0.634. The van der Waals surface area contributed by atoms with Crippen LogP contribution in [0.15, 0.2) is 48.5 Å². The average molecular weight is 332 g/mol. The molecule has 0 saturated heterocycles. The summed E-state index contributed by atoms with van der Waals surface area (Å²) in [6.45, 7) is 4.58.